The van der Waals surface area contributed by atoms with E-state index in [9.17, 15) is 14.4 Å². The molecule has 2 atom stereocenters. The number of anilines is 1. The fourth-order valence-corrected chi connectivity index (χ4v) is 4.93. The van der Waals surface area contributed by atoms with E-state index in [1.54, 1.807) is 29.2 Å². The second kappa shape index (κ2) is 9.02. The number of carbonyl (C=O) groups excluding carboxylic acids is 3. The van der Waals surface area contributed by atoms with Crippen molar-refractivity contribution in [3.63, 3.8) is 0 Å². The van der Waals surface area contributed by atoms with Gasteiger partial charge in [0, 0.05) is 19.2 Å². The molecule has 1 heterocycles. The summed E-state index contributed by atoms with van der Waals surface area (Å²) < 4.78 is 0. The molecule has 1 saturated carbocycles. The standard InChI is InChI=1S/C24H31N3O3/c1-26(15-14-17-8-3-2-4-9-17)23(29)18-10-7-11-19(16-18)27-24(30)21-13-6-5-12-20(21)22(28)25-27/h5-7,10-11,16-17,20-21H,2-4,8-9,12-15H2,1H3,(H,25,28). The molecule has 0 radical (unpaired) electrons. The van der Waals surface area contributed by atoms with E-state index in [2.05, 4.69) is 5.43 Å². The lowest BCUT2D eigenvalue weighted by Crippen LogP contribution is -2.59. The van der Waals surface area contributed by atoms with Gasteiger partial charge >= 0.3 is 0 Å². The molecule has 1 aromatic rings. The number of rotatable bonds is 5. The summed E-state index contributed by atoms with van der Waals surface area (Å²) >= 11 is 0. The van der Waals surface area contributed by atoms with Crippen LogP contribution in [0.2, 0.25) is 0 Å². The third-order valence-electron chi connectivity index (χ3n) is 6.82. The number of amides is 3. The molecule has 0 bridgehead atoms. The molecule has 2 unspecified atom stereocenters. The molecule has 1 aromatic carbocycles. The Balaban J connectivity index is 1.44. The van der Waals surface area contributed by atoms with E-state index in [4.69, 9.17) is 0 Å². The highest BCUT2D eigenvalue weighted by molar-refractivity contribution is 6.05. The number of hydrogen-bond donors (Lipinski definition) is 1. The Bertz CT molecular complexity index is 844. The average Bonchev–Trinajstić information content (AvgIpc) is 2.80. The number of benzene rings is 1. The Morgan fingerprint density at radius 3 is 2.60 bits per heavy atom. The van der Waals surface area contributed by atoms with Crippen molar-refractivity contribution in [1.29, 1.82) is 0 Å². The molecule has 1 aliphatic heterocycles. The number of hydrazine groups is 1. The van der Waals surface area contributed by atoms with Crippen molar-refractivity contribution >= 4 is 23.4 Å². The van der Waals surface area contributed by atoms with Gasteiger partial charge < -0.3 is 4.90 Å². The van der Waals surface area contributed by atoms with Gasteiger partial charge in [-0.05, 0) is 43.4 Å². The molecule has 30 heavy (non-hydrogen) atoms. The molecule has 6 nitrogen and oxygen atoms in total. The van der Waals surface area contributed by atoms with Gasteiger partial charge in [-0.2, -0.15) is 0 Å². The molecule has 1 saturated heterocycles. The van der Waals surface area contributed by atoms with Gasteiger partial charge in [-0.3, -0.25) is 19.8 Å². The fourth-order valence-electron chi connectivity index (χ4n) is 4.93. The van der Waals surface area contributed by atoms with Crippen LogP contribution in [0.25, 0.3) is 0 Å². The maximum Gasteiger partial charge on any atom is 0.253 e. The van der Waals surface area contributed by atoms with Crippen LogP contribution in [-0.2, 0) is 9.59 Å². The first-order valence-electron chi connectivity index (χ1n) is 11.2. The van der Waals surface area contributed by atoms with Crippen LogP contribution in [-0.4, -0.2) is 36.2 Å². The summed E-state index contributed by atoms with van der Waals surface area (Å²) in [6.45, 7) is 0.739. The second-order valence-corrected chi connectivity index (χ2v) is 8.88. The van der Waals surface area contributed by atoms with Gasteiger partial charge in [-0.1, -0.05) is 50.3 Å². The van der Waals surface area contributed by atoms with Crippen LogP contribution in [0.1, 0.15) is 61.7 Å². The van der Waals surface area contributed by atoms with Crippen molar-refractivity contribution in [2.24, 2.45) is 17.8 Å². The van der Waals surface area contributed by atoms with Gasteiger partial charge in [0.25, 0.3) is 5.91 Å². The van der Waals surface area contributed by atoms with Crippen molar-refractivity contribution in [2.75, 3.05) is 18.6 Å². The Kier molecular flexibility index (Phi) is 6.21. The smallest absolute Gasteiger partial charge is 0.253 e. The number of allylic oxidation sites excluding steroid dienone is 2. The van der Waals surface area contributed by atoms with Crippen LogP contribution in [0.15, 0.2) is 36.4 Å². The Morgan fingerprint density at radius 2 is 1.83 bits per heavy atom. The van der Waals surface area contributed by atoms with E-state index in [0.717, 1.165) is 18.9 Å². The predicted octanol–water partition coefficient (Wildman–Crippen LogP) is 3.69. The Labute approximate surface area is 178 Å². The molecule has 3 aliphatic rings. The maximum atomic E-state index is 13.0. The highest BCUT2D eigenvalue weighted by atomic mass is 16.2. The minimum absolute atomic E-state index is 0.0538. The third kappa shape index (κ3) is 4.27. The monoisotopic (exact) mass is 409 g/mol. The summed E-state index contributed by atoms with van der Waals surface area (Å²) in [4.78, 5) is 40.2. The zero-order chi connectivity index (χ0) is 21.1. The minimum Gasteiger partial charge on any atom is -0.342 e. The van der Waals surface area contributed by atoms with Gasteiger partial charge in [-0.25, -0.2) is 5.01 Å². The number of fused-ring (bicyclic) bond motifs is 1. The SMILES string of the molecule is CN(CCC1CCCCC1)C(=O)c1cccc(N2NC(=O)C3CC=CCC3C2=O)c1. The largest absolute Gasteiger partial charge is 0.342 e. The van der Waals surface area contributed by atoms with Gasteiger partial charge in [-0.15, -0.1) is 0 Å². The van der Waals surface area contributed by atoms with Gasteiger partial charge in [0.2, 0.25) is 11.8 Å². The van der Waals surface area contributed by atoms with Crippen molar-refractivity contribution in [3.8, 4) is 0 Å². The quantitative estimate of drug-likeness (QED) is 0.754. The zero-order valence-electron chi connectivity index (χ0n) is 17.7. The summed E-state index contributed by atoms with van der Waals surface area (Å²) in [6.07, 6.45) is 12.6. The molecule has 0 spiro atoms. The minimum atomic E-state index is -0.332. The van der Waals surface area contributed by atoms with Gasteiger partial charge in [0.15, 0.2) is 0 Å². The molecular weight excluding hydrogens is 378 g/mol. The maximum absolute atomic E-state index is 13.0. The topological polar surface area (TPSA) is 69.7 Å². The first-order chi connectivity index (χ1) is 14.5. The van der Waals surface area contributed by atoms with Crippen LogP contribution >= 0.6 is 0 Å². The molecule has 4 rings (SSSR count). The van der Waals surface area contributed by atoms with Gasteiger partial charge in [0.05, 0.1) is 17.5 Å². The molecular formula is C24H31N3O3. The number of nitrogens with zero attached hydrogens (tertiary/aromatic N) is 2. The van der Waals surface area contributed by atoms with Crippen molar-refractivity contribution < 1.29 is 14.4 Å². The molecule has 2 aliphatic carbocycles. The van der Waals surface area contributed by atoms with E-state index in [1.807, 2.05) is 19.2 Å². The summed E-state index contributed by atoms with van der Waals surface area (Å²) in [5, 5.41) is 1.32. The van der Waals surface area contributed by atoms with E-state index < -0.39 is 0 Å². The molecule has 160 valence electrons. The number of hydrogen-bond acceptors (Lipinski definition) is 3. The summed E-state index contributed by atoms with van der Waals surface area (Å²) in [7, 11) is 1.84. The highest BCUT2D eigenvalue weighted by Gasteiger charge is 2.42. The predicted molar refractivity (Wildman–Crippen MR) is 116 cm³/mol. The third-order valence-corrected chi connectivity index (χ3v) is 6.82. The van der Waals surface area contributed by atoms with Crippen LogP contribution in [0, 0.1) is 17.8 Å². The normalized spacial score (nSPS) is 24.4. The lowest BCUT2D eigenvalue weighted by molar-refractivity contribution is -0.139. The fraction of sp³-hybridized carbons (Fsp3) is 0.542. The molecule has 0 aromatic heterocycles. The van der Waals surface area contributed by atoms with Crippen molar-refractivity contribution in [3.05, 3.63) is 42.0 Å². The molecule has 3 amide bonds. The number of nitrogens with one attached hydrogen (secondary N) is 1. The van der Waals surface area contributed by atoms with E-state index >= 15 is 0 Å². The first-order valence-corrected chi connectivity index (χ1v) is 11.2. The van der Waals surface area contributed by atoms with Crippen molar-refractivity contribution in [2.45, 2.75) is 51.4 Å². The van der Waals surface area contributed by atoms with Crippen LogP contribution in [0.4, 0.5) is 5.69 Å². The molecule has 1 N–H and O–H groups in total. The van der Waals surface area contributed by atoms with E-state index in [0.29, 0.717) is 24.1 Å². The first kappa shape index (κ1) is 20.6. The zero-order valence-corrected chi connectivity index (χ0v) is 17.7. The van der Waals surface area contributed by atoms with E-state index in [1.165, 1.54) is 37.1 Å². The number of carbonyl (C=O) groups is 3. The molecule has 6 heteroatoms. The second-order valence-electron chi connectivity index (χ2n) is 8.88. The average molecular weight is 410 g/mol. The van der Waals surface area contributed by atoms with Gasteiger partial charge in [0.1, 0.15) is 0 Å². The molecule has 2 fully saturated rings. The summed E-state index contributed by atoms with van der Waals surface area (Å²) in [5.74, 6) is -0.207. The lowest BCUT2D eigenvalue weighted by Gasteiger charge is -2.38. The lowest BCUT2D eigenvalue weighted by atomic mass is 9.80. The van der Waals surface area contributed by atoms with Crippen LogP contribution < -0.4 is 10.4 Å². The summed E-state index contributed by atoms with van der Waals surface area (Å²) in [5.41, 5.74) is 3.80. The van der Waals surface area contributed by atoms with Crippen LogP contribution in [0.3, 0.4) is 0 Å². The Morgan fingerprint density at radius 1 is 1.10 bits per heavy atom. The summed E-state index contributed by atoms with van der Waals surface area (Å²) in [6, 6.07) is 7.00. The van der Waals surface area contributed by atoms with Crippen molar-refractivity contribution in [1.82, 2.24) is 10.3 Å². The Hall–Kier alpha value is -2.63. The van der Waals surface area contributed by atoms with E-state index in [-0.39, 0.29) is 29.6 Å². The highest BCUT2D eigenvalue weighted by Crippen LogP contribution is 2.32. The van der Waals surface area contributed by atoms with Crippen LogP contribution in [0.5, 0.6) is 0 Å².